The highest BCUT2D eigenvalue weighted by Gasteiger charge is 2.41. The van der Waals surface area contributed by atoms with Crippen molar-refractivity contribution in [3.8, 4) is 0 Å². The van der Waals surface area contributed by atoms with Gasteiger partial charge in [0.15, 0.2) is 0 Å². The number of halogens is 4. The van der Waals surface area contributed by atoms with Gasteiger partial charge in [0.05, 0.1) is 5.54 Å². The maximum Gasteiger partial charge on any atom is 0.123 e. The summed E-state index contributed by atoms with van der Waals surface area (Å²) >= 11 is 6.55. The SMILES string of the molecule is CN[C@]1(c2ccccc2Cl)CCCC[C@@H]1NCCCc1ccc(F)cc1.Cl.Cl. The van der Waals surface area contributed by atoms with Gasteiger partial charge in [-0.2, -0.15) is 0 Å². The van der Waals surface area contributed by atoms with Crippen LogP contribution >= 0.6 is 36.4 Å². The summed E-state index contributed by atoms with van der Waals surface area (Å²) < 4.78 is 13.0. The van der Waals surface area contributed by atoms with Crippen LogP contribution < -0.4 is 10.6 Å². The van der Waals surface area contributed by atoms with Crippen molar-refractivity contribution in [2.75, 3.05) is 13.6 Å². The Morgan fingerprint density at radius 3 is 2.46 bits per heavy atom. The molecule has 0 bridgehead atoms. The molecule has 1 fully saturated rings. The third kappa shape index (κ3) is 5.84. The lowest BCUT2D eigenvalue weighted by molar-refractivity contribution is 0.178. The average molecular weight is 448 g/mol. The lowest BCUT2D eigenvalue weighted by Crippen LogP contribution is -2.58. The van der Waals surface area contributed by atoms with Crippen LogP contribution in [-0.4, -0.2) is 19.6 Å². The van der Waals surface area contributed by atoms with Gasteiger partial charge < -0.3 is 10.6 Å². The molecule has 2 atom stereocenters. The number of aryl methyl sites for hydroxylation is 1. The molecule has 0 aliphatic heterocycles. The number of likely N-dealkylation sites (N-methyl/N-ethyl adjacent to an activating group) is 1. The summed E-state index contributed by atoms with van der Waals surface area (Å²) in [6, 6.07) is 15.4. The Hall–Kier alpha value is -0.840. The van der Waals surface area contributed by atoms with E-state index >= 15 is 0 Å². The first-order chi connectivity index (χ1) is 12.7. The van der Waals surface area contributed by atoms with Crippen LogP contribution in [-0.2, 0) is 12.0 Å². The van der Waals surface area contributed by atoms with Crippen molar-refractivity contribution in [3.63, 3.8) is 0 Å². The molecule has 1 aliphatic carbocycles. The molecule has 0 radical (unpaired) electrons. The minimum Gasteiger partial charge on any atom is -0.312 e. The lowest BCUT2D eigenvalue weighted by atomic mass is 9.72. The topological polar surface area (TPSA) is 24.1 Å². The maximum atomic E-state index is 13.0. The van der Waals surface area contributed by atoms with Gasteiger partial charge in [-0.05, 0) is 68.6 Å². The fraction of sp³-hybridized carbons (Fsp3) is 0.455. The zero-order chi connectivity index (χ0) is 18.4. The van der Waals surface area contributed by atoms with Crippen molar-refractivity contribution in [3.05, 3.63) is 70.5 Å². The van der Waals surface area contributed by atoms with Crippen LogP contribution in [0.25, 0.3) is 0 Å². The number of benzene rings is 2. The Balaban J connectivity index is 0.00000196. The second-order valence-corrected chi connectivity index (χ2v) is 7.59. The smallest absolute Gasteiger partial charge is 0.123 e. The molecule has 3 rings (SSSR count). The van der Waals surface area contributed by atoms with Crippen molar-refractivity contribution in [2.45, 2.75) is 50.1 Å². The number of nitrogens with one attached hydrogen (secondary N) is 2. The van der Waals surface area contributed by atoms with E-state index < -0.39 is 0 Å². The Kier molecular flexibility index (Phi) is 10.8. The molecule has 0 unspecified atom stereocenters. The highest BCUT2D eigenvalue weighted by molar-refractivity contribution is 6.31. The minimum atomic E-state index is -0.173. The predicted octanol–water partition coefficient (Wildman–Crippen LogP) is 5.90. The van der Waals surface area contributed by atoms with E-state index in [-0.39, 0.29) is 36.2 Å². The molecule has 2 N–H and O–H groups in total. The Labute approximate surface area is 185 Å². The molecule has 28 heavy (non-hydrogen) atoms. The van der Waals surface area contributed by atoms with Gasteiger partial charge in [-0.25, -0.2) is 4.39 Å². The molecule has 1 saturated carbocycles. The van der Waals surface area contributed by atoms with Crippen molar-refractivity contribution in [1.29, 1.82) is 0 Å². The molecular weight excluding hydrogens is 418 g/mol. The van der Waals surface area contributed by atoms with Crippen LogP contribution in [0, 0.1) is 5.82 Å². The van der Waals surface area contributed by atoms with Gasteiger partial charge in [0, 0.05) is 11.1 Å². The average Bonchev–Trinajstić information content (AvgIpc) is 2.67. The monoisotopic (exact) mass is 446 g/mol. The summed E-state index contributed by atoms with van der Waals surface area (Å²) in [6.07, 6.45) is 6.66. The molecule has 0 spiro atoms. The molecule has 2 aromatic carbocycles. The summed E-state index contributed by atoms with van der Waals surface area (Å²) in [4.78, 5) is 0. The first-order valence-electron chi connectivity index (χ1n) is 9.57. The zero-order valence-corrected chi connectivity index (χ0v) is 18.6. The van der Waals surface area contributed by atoms with E-state index in [9.17, 15) is 4.39 Å². The van der Waals surface area contributed by atoms with Gasteiger partial charge in [0.1, 0.15) is 5.82 Å². The second-order valence-electron chi connectivity index (χ2n) is 7.18. The van der Waals surface area contributed by atoms with Crippen molar-refractivity contribution < 1.29 is 4.39 Å². The quantitative estimate of drug-likeness (QED) is 0.516. The third-order valence-electron chi connectivity index (χ3n) is 5.66. The summed E-state index contributed by atoms with van der Waals surface area (Å²) in [5, 5.41) is 8.21. The van der Waals surface area contributed by atoms with Gasteiger partial charge in [0.25, 0.3) is 0 Å². The molecule has 0 saturated heterocycles. The fourth-order valence-corrected chi connectivity index (χ4v) is 4.55. The Bertz CT molecular complexity index is 711. The lowest BCUT2D eigenvalue weighted by Gasteiger charge is -2.45. The largest absolute Gasteiger partial charge is 0.312 e. The molecule has 0 aromatic heterocycles. The van der Waals surface area contributed by atoms with Crippen molar-refractivity contribution in [1.82, 2.24) is 10.6 Å². The van der Waals surface area contributed by atoms with Crippen molar-refractivity contribution >= 4 is 36.4 Å². The van der Waals surface area contributed by atoms with Gasteiger partial charge in [-0.3, -0.25) is 0 Å². The molecule has 6 heteroatoms. The van der Waals surface area contributed by atoms with Crippen molar-refractivity contribution in [2.24, 2.45) is 0 Å². The van der Waals surface area contributed by atoms with Crippen LogP contribution in [0.4, 0.5) is 4.39 Å². The molecule has 156 valence electrons. The van der Waals surface area contributed by atoms with E-state index in [0.717, 1.165) is 37.3 Å². The van der Waals surface area contributed by atoms with E-state index in [4.69, 9.17) is 11.6 Å². The van der Waals surface area contributed by atoms with Crippen LogP contribution in [0.15, 0.2) is 48.5 Å². The molecule has 1 aliphatic rings. The van der Waals surface area contributed by atoms with E-state index in [1.54, 1.807) is 0 Å². The molecule has 0 heterocycles. The van der Waals surface area contributed by atoms with E-state index in [0.29, 0.717) is 6.04 Å². The minimum absolute atomic E-state index is 0. The van der Waals surface area contributed by atoms with Crippen LogP contribution in [0.3, 0.4) is 0 Å². The molecule has 2 aromatic rings. The van der Waals surface area contributed by atoms with E-state index in [1.807, 2.05) is 31.3 Å². The maximum absolute atomic E-state index is 13.0. The number of hydrogen-bond acceptors (Lipinski definition) is 2. The molecule has 0 amide bonds. The highest BCUT2D eigenvalue weighted by atomic mass is 35.5. The number of rotatable bonds is 7. The number of hydrogen-bond donors (Lipinski definition) is 2. The van der Waals surface area contributed by atoms with Crippen LogP contribution in [0.1, 0.15) is 43.2 Å². The predicted molar refractivity (Wildman–Crippen MR) is 122 cm³/mol. The zero-order valence-electron chi connectivity index (χ0n) is 16.2. The van der Waals surface area contributed by atoms with Gasteiger partial charge >= 0.3 is 0 Å². The van der Waals surface area contributed by atoms with E-state index in [1.165, 1.54) is 36.1 Å². The second kappa shape index (κ2) is 12.0. The van der Waals surface area contributed by atoms with Crippen LogP contribution in [0.2, 0.25) is 5.02 Å². The molecular formula is C22H30Cl3FN2. The fourth-order valence-electron chi connectivity index (χ4n) is 4.25. The Morgan fingerprint density at radius 2 is 1.79 bits per heavy atom. The highest BCUT2D eigenvalue weighted by Crippen LogP contribution is 2.40. The standard InChI is InChI=1S/C22H28ClFN2.2ClH/c1-25-22(19-8-2-3-9-20(19)23)15-5-4-10-21(22)26-16-6-7-17-11-13-18(24)14-12-17;;/h2-3,8-9,11-14,21,25-26H,4-7,10,15-16H2,1H3;2*1H/t21-,22-;;/m0../s1. The van der Waals surface area contributed by atoms with E-state index in [2.05, 4.69) is 22.8 Å². The first-order valence-corrected chi connectivity index (χ1v) is 9.95. The summed E-state index contributed by atoms with van der Waals surface area (Å²) in [5.41, 5.74) is 2.26. The summed E-state index contributed by atoms with van der Waals surface area (Å²) in [6.45, 7) is 0.940. The van der Waals surface area contributed by atoms with Gasteiger partial charge in [0.2, 0.25) is 0 Å². The van der Waals surface area contributed by atoms with Gasteiger partial charge in [-0.15, -0.1) is 24.8 Å². The third-order valence-corrected chi connectivity index (χ3v) is 5.99. The van der Waals surface area contributed by atoms with Crippen LogP contribution in [0.5, 0.6) is 0 Å². The summed E-state index contributed by atoms with van der Waals surface area (Å²) in [7, 11) is 2.04. The Morgan fingerprint density at radius 1 is 1.07 bits per heavy atom. The van der Waals surface area contributed by atoms with Gasteiger partial charge in [-0.1, -0.05) is 54.8 Å². The normalized spacial score (nSPS) is 21.5. The first kappa shape index (κ1) is 25.2. The molecule has 2 nitrogen and oxygen atoms in total. The summed E-state index contributed by atoms with van der Waals surface area (Å²) in [5.74, 6) is -0.173.